The maximum Gasteiger partial charge on any atom is 0.419 e. The minimum atomic E-state index is -4.38. The van der Waals surface area contributed by atoms with Gasteiger partial charge in [0.05, 0.1) is 11.3 Å². The number of rotatable bonds is 0. The first-order valence-corrected chi connectivity index (χ1v) is 3.77. The molecule has 6 heteroatoms. The van der Waals surface area contributed by atoms with Gasteiger partial charge in [0.25, 0.3) is 0 Å². The zero-order valence-electron chi connectivity index (χ0n) is 5.98. The van der Waals surface area contributed by atoms with Gasteiger partial charge in [0.2, 0.25) is 0 Å². The maximum atomic E-state index is 12.1. The number of nitrogens with zero attached hydrogens (tertiary/aromatic N) is 2. The van der Waals surface area contributed by atoms with E-state index in [-0.39, 0.29) is 10.3 Å². The summed E-state index contributed by atoms with van der Waals surface area (Å²) < 4.78 is 36.1. The normalized spacial score (nSPS) is 11.8. The van der Waals surface area contributed by atoms with Crippen LogP contribution >= 0.6 is 15.9 Å². The van der Waals surface area contributed by atoms with Crippen molar-refractivity contribution >= 4 is 15.9 Å². The van der Waals surface area contributed by atoms with Crippen LogP contribution in [0, 0.1) is 6.92 Å². The zero-order valence-corrected chi connectivity index (χ0v) is 7.57. The summed E-state index contributed by atoms with van der Waals surface area (Å²) in [5.74, 6) is 0. The molecule has 1 aromatic rings. The Morgan fingerprint density at radius 2 is 1.92 bits per heavy atom. The number of halogens is 4. The van der Waals surface area contributed by atoms with Crippen LogP contribution in [-0.2, 0) is 6.18 Å². The summed E-state index contributed by atoms with van der Waals surface area (Å²) in [6, 6.07) is 0.942. The smallest absolute Gasteiger partial charge is 0.166 e. The molecular formula is C6H4BrF3N2. The Kier molecular flexibility index (Phi) is 2.36. The lowest BCUT2D eigenvalue weighted by molar-refractivity contribution is -0.138. The minimum Gasteiger partial charge on any atom is -0.166 e. The van der Waals surface area contributed by atoms with Crippen molar-refractivity contribution < 1.29 is 13.2 Å². The van der Waals surface area contributed by atoms with E-state index in [0.717, 1.165) is 6.07 Å². The monoisotopic (exact) mass is 240 g/mol. The molecule has 66 valence electrons. The summed E-state index contributed by atoms with van der Waals surface area (Å²) in [6.45, 7) is 1.45. The van der Waals surface area contributed by atoms with E-state index in [1.807, 2.05) is 0 Å². The van der Waals surface area contributed by atoms with Gasteiger partial charge in [0, 0.05) is 0 Å². The summed E-state index contributed by atoms with van der Waals surface area (Å²) in [7, 11) is 0. The molecule has 0 atom stereocenters. The topological polar surface area (TPSA) is 25.8 Å². The zero-order chi connectivity index (χ0) is 9.35. The SMILES string of the molecule is Cc1cc(C(F)(F)F)c(Br)nn1. The van der Waals surface area contributed by atoms with Gasteiger partial charge in [-0.2, -0.15) is 18.3 Å². The van der Waals surface area contributed by atoms with Gasteiger partial charge in [-0.3, -0.25) is 0 Å². The molecule has 0 aliphatic rings. The highest BCUT2D eigenvalue weighted by atomic mass is 79.9. The highest BCUT2D eigenvalue weighted by Gasteiger charge is 2.34. The van der Waals surface area contributed by atoms with Crippen molar-refractivity contribution in [2.75, 3.05) is 0 Å². The second-order valence-electron chi connectivity index (χ2n) is 2.19. The quantitative estimate of drug-likeness (QED) is 0.697. The first-order valence-electron chi connectivity index (χ1n) is 2.98. The van der Waals surface area contributed by atoms with Gasteiger partial charge in [-0.15, -0.1) is 5.10 Å². The number of aromatic nitrogens is 2. The number of alkyl halides is 3. The van der Waals surface area contributed by atoms with Crippen molar-refractivity contribution in [3.05, 3.63) is 21.9 Å². The van der Waals surface area contributed by atoms with E-state index in [2.05, 4.69) is 26.1 Å². The predicted octanol–water partition coefficient (Wildman–Crippen LogP) is 2.57. The Bertz CT molecular complexity index is 297. The van der Waals surface area contributed by atoms with E-state index in [9.17, 15) is 13.2 Å². The third-order valence-corrected chi connectivity index (χ3v) is 1.76. The lowest BCUT2D eigenvalue weighted by Gasteiger charge is -2.07. The summed E-state index contributed by atoms with van der Waals surface area (Å²) in [5.41, 5.74) is -0.555. The first kappa shape index (κ1) is 9.44. The molecule has 0 saturated carbocycles. The predicted molar refractivity (Wildman–Crippen MR) is 39.5 cm³/mol. The Balaban J connectivity index is 3.23. The van der Waals surface area contributed by atoms with E-state index in [1.165, 1.54) is 6.92 Å². The first-order chi connectivity index (χ1) is 5.41. The maximum absolute atomic E-state index is 12.1. The molecule has 0 aromatic carbocycles. The Morgan fingerprint density at radius 1 is 1.33 bits per heavy atom. The molecule has 1 aromatic heterocycles. The van der Waals surface area contributed by atoms with Crippen molar-refractivity contribution in [1.29, 1.82) is 0 Å². The van der Waals surface area contributed by atoms with Crippen LogP contribution in [0.3, 0.4) is 0 Å². The van der Waals surface area contributed by atoms with E-state index < -0.39 is 11.7 Å². The largest absolute Gasteiger partial charge is 0.419 e. The highest BCUT2D eigenvalue weighted by molar-refractivity contribution is 9.10. The molecular weight excluding hydrogens is 237 g/mol. The van der Waals surface area contributed by atoms with Gasteiger partial charge in [-0.25, -0.2) is 0 Å². The van der Waals surface area contributed by atoms with Crippen LogP contribution < -0.4 is 0 Å². The molecule has 0 aliphatic carbocycles. The van der Waals surface area contributed by atoms with Crippen LogP contribution in [0.25, 0.3) is 0 Å². The Labute approximate surface area is 74.9 Å². The molecule has 0 fully saturated rings. The molecule has 0 N–H and O–H groups in total. The average molecular weight is 241 g/mol. The summed E-state index contributed by atoms with van der Waals surface area (Å²) in [5, 5.41) is 6.75. The molecule has 0 spiro atoms. The number of hydrogen-bond acceptors (Lipinski definition) is 2. The molecule has 0 saturated heterocycles. The van der Waals surface area contributed by atoms with Gasteiger partial charge in [0.1, 0.15) is 4.60 Å². The van der Waals surface area contributed by atoms with E-state index in [4.69, 9.17) is 0 Å². The molecule has 0 radical (unpaired) electrons. The standard InChI is InChI=1S/C6H4BrF3N2/c1-3-2-4(6(8,9)10)5(7)12-11-3/h2H,1H3. The van der Waals surface area contributed by atoms with Crippen molar-refractivity contribution in [3.8, 4) is 0 Å². The highest BCUT2D eigenvalue weighted by Crippen LogP contribution is 2.33. The van der Waals surface area contributed by atoms with Gasteiger partial charge < -0.3 is 0 Å². The second-order valence-corrected chi connectivity index (χ2v) is 2.94. The fourth-order valence-corrected chi connectivity index (χ4v) is 1.09. The minimum absolute atomic E-state index is 0.241. The molecule has 0 unspecified atom stereocenters. The molecule has 1 heterocycles. The van der Waals surface area contributed by atoms with Crippen LogP contribution in [-0.4, -0.2) is 10.2 Å². The van der Waals surface area contributed by atoms with Crippen molar-refractivity contribution in [1.82, 2.24) is 10.2 Å². The average Bonchev–Trinajstić information content (AvgIpc) is 1.92. The van der Waals surface area contributed by atoms with Crippen LogP contribution in [0.5, 0.6) is 0 Å². The number of aryl methyl sites for hydroxylation is 1. The van der Waals surface area contributed by atoms with E-state index >= 15 is 0 Å². The van der Waals surface area contributed by atoms with Crippen molar-refractivity contribution in [3.63, 3.8) is 0 Å². The lowest BCUT2D eigenvalue weighted by Crippen LogP contribution is -2.08. The third-order valence-electron chi connectivity index (χ3n) is 1.18. The Morgan fingerprint density at radius 3 is 2.33 bits per heavy atom. The molecule has 0 bridgehead atoms. The Hall–Kier alpha value is -0.650. The van der Waals surface area contributed by atoms with Crippen molar-refractivity contribution in [2.45, 2.75) is 13.1 Å². The second kappa shape index (κ2) is 3.01. The summed E-state index contributed by atoms with van der Waals surface area (Å²) >= 11 is 2.67. The fourth-order valence-electron chi connectivity index (χ4n) is 0.673. The van der Waals surface area contributed by atoms with E-state index in [1.54, 1.807) is 0 Å². The molecule has 0 amide bonds. The van der Waals surface area contributed by atoms with Crippen molar-refractivity contribution in [2.24, 2.45) is 0 Å². The van der Waals surface area contributed by atoms with Crippen LogP contribution in [0.2, 0.25) is 0 Å². The lowest BCUT2D eigenvalue weighted by atomic mass is 10.2. The van der Waals surface area contributed by atoms with E-state index in [0.29, 0.717) is 0 Å². The van der Waals surface area contributed by atoms with Crippen LogP contribution in [0.4, 0.5) is 13.2 Å². The summed E-state index contributed by atoms with van der Waals surface area (Å²) in [4.78, 5) is 0. The molecule has 0 aliphatic heterocycles. The molecule has 2 nitrogen and oxygen atoms in total. The number of hydrogen-bond donors (Lipinski definition) is 0. The molecule has 12 heavy (non-hydrogen) atoms. The van der Waals surface area contributed by atoms with Gasteiger partial charge in [-0.05, 0) is 28.9 Å². The van der Waals surface area contributed by atoms with Gasteiger partial charge in [-0.1, -0.05) is 0 Å². The van der Waals surface area contributed by atoms with Gasteiger partial charge in [0.15, 0.2) is 0 Å². The summed E-state index contributed by atoms with van der Waals surface area (Å²) in [6.07, 6.45) is -4.38. The van der Waals surface area contributed by atoms with Gasteiger partial charge >= 0.3 is 6.18 Å². The third kappa shape index (κ3) is 1.94. The van der Waals surface area contributed by atoms with Crippen LogP contribution in [0.15, 0.2) is 10.7 Å². The fraction of sp³-hybridized carbons (Fsp3) is 0.333. The van der Waals surface area contributed by atoms with Crippen LogP contribution in [0.1, 0.15) is 11.3 Å². The molecule has 1 rings (SSSR count).